The Bertz CT molecular complexity index is 504. The predicted octanol–water partition coefficient (Wildman–Crippen LogP) is 1.83. The summed E-state index contributed by atoms with van der Waals surface area (Å²) in [7, 11) is 0. The van der Waals surface area contributed by atoms with E-state index in [-0.39, 0.29) is 6.42 Å². The van der Waals surface area contributed by atoms with E-state index in [1.54, 1.807) is 12.1 Å². The number of nitrogens with two attached hydrogens (primary N) is 1. The summed E-state index contributed by atoms with van der Waals surface area (Å²) >= 11 is 0. The van der Waals surface area contributed by atoms with E-state index in [0.29, 0.717) is 35.8 Å². The number of carboxylic acids is 1. The maximum absolute atomic E-state index is 13.7. The lowest BCUT2D eigenvalue weighted by atomic mass is 9.97. The van der Waals surface area contributed by atoms with Crippen LogP contribution in [-0.2, 0) is 11.2 Å². The first kappa shape index (κ1) is 14.6. The van der Waals surface area contributed by atoms with Crippen molar-refractivity contribution in [2.24, 2.45) is 5.73 Å². The molecule has 0 aliphatic carbocycles. The van der Waals surface area contributed by atoms with E-state index in [1.165, 1.54) is 6.92 Å². The van der Waals surface area contributed by atoms with E-state index >= 15 is 0 Å². The van der Waals surface area contributed by atoms with Crippen molar-refractivity contribution in [2.75, 3.05) is 13.2 Å². The second-order valence-corrected chi connectivity index (χ2v) is 4.81. The number of hydrogen-bond donors (Lipinski definition) is 2. The fourth-order valence-corrected chi connectivity index (χ4v) is 2.14. The van der Waals surface area contributed by atoms with E-state index < -0.39 is 18.2 Å². The molecule has 0 fully saturated rings. The molecule has 2 atom stereocenters. The zero-order chi connectivity index (χ0) is 14.7. The second kappa shape index (κ2) is 6.09. The molecule has 0 bridgehead atoms. The van der Waals surface area contributed by atoms with Gasteiger partial charge in [0.15, 0.2) is 11.5 Å². The van der Waals surface area contributed by atoms with Crippen LogP contribution in [0.25, 0.3) is 0 Å². The van der Waals surface area contributed by atoms with Crippen molar-refractivity contribution in [3.8, 4) is 11.5 Å². The number of rotatable bonds is 4. The van der Waals surface area contributed by atoms with Crippen molar-refractivity contribution >= 4 is 5.97 Å². The van der Waals surface area contributed by atoms with Crippen LogP contribution < -0.4 is 15.2 Å². The fraction of sp³-hybridized carbons (Fsp3) is 0.500. The lowest BCUT2D eigenvalue weighted by molar-refractivity contribution is -0.138. The molecule has 2 rings (SSSR count). The largest absolute Gasteiger partial charge is 0.490 e. The second-order valence-electron chi connectivity index (χ2n) is 4.81. The molecule has 1 aromatic rings. The molecule has 1 aromatic carbocycles. The third-order valence-corrected chi connectivity index (χ3v) is 3.19. The highest BCUT2D eigenvalue weighted by atomic mass is 19.1. The molecule has 1 heterocycles. The Balaban J connectivity index is 2.38. The lowest BCUT2D eigenvalue weighted by Gasteiger charge is -2.17. The maximum Gasteiger partial charge on any atom is 0.320 e. The Morgan fingerprint density at radius 2 is 2.00 bits per heavy atom. The number of alkyl halides is 1. The van der Waals surface area contributed by atoms with Crippen LogP contribution in [0.15, 0.2) is 12.1 Å². The summed E-state index contributed by atoms with van der Waals surface area (Å²) in [5, 5.41) is 8.88. The minimum absolute atomic E-state index is 0.0512. The topological polar surface area (TPSA) is 81.8 Å². The first-order valence-electron chi connectivity index (χ1n) is 6.54. The minimum Gasteiger partial charge on any atom is -0.490 e. The summed E-state index contributed by atoms with van der Waals surface area (Å²) in [6.07, 6.45) is -0.433. The molecular weight excluding hydrogens is 265 g/mol. The summed E-state index contributed by atoms with van der Waals surface area (Å²) in [5.74, 6) is -0.108. The van der Waals surface area contributed by atoms with Crippen LogP contribution in [-0.4, -0.2) is 30.3 Å². The molecule has 1 aliphatic heterocycles. The number of halogens is 1. The predicted molar refractivity (Wildman–Crippen MR) is 70.9 cm³/mol. The van der Waals surface area contributed by atoms with Gasteiger partial charge in [0.2, 0.25) is 0 Å². The summed E-state index contributed by atoms with van der Waals surface area (Å²) in [6.45, 7) is 2.43. The molecule has 3 N–H and O–H groups in total. The fourth-order valence-electron chi connectivity index (χ4n) is 2.14. The third kappa shape index (κ3) is 3.19. The summed E-state index contributed by atoms with van der Waals surface area (Å²) < 4.78 is 24.8. The SMILES string of the molecule is CC(F)c1cc2c(cc1CC(N)C(=O)O)OCCCO2. The van der Waals surface area contributed by atoms with E-state index in [2.05, 4.69) is 0 Å². The van der Waals surface area contributed by atoms with Gasteiger partial charge in [0.1, 0.15) is 12.2 Å². The van der Waals surface area contributed by atoms with Gasteiger partial charge in [0, 0.05) is 6.42 Å². The average Bonchev–Trinajstić information content (AvgIpc) is 2.62. The van der Waals surface area contributed by atoms with Gasteiger partial charge < -0.3 is 20.3 Å². The Kier molecular flexibility index (Phi) is 4.44. The molecule has 20 heavy (non-hydrogen) atoms. The lowest BCUT2D eigenvalue weighted by Crippen LogP contribution is -2.32. The van der Waals surface area contributed by atoms with Gasteiger partial charge in [-0.25, -0.2) is 4.39 Å². The van der Waals surface area contributed by atoms with Crippen molar-refractivity contribution in [2.45, 2.75) is 32.0 Å². The van der Waals surface area contributed by atoms with Crippen LogP contribution in [0.1, 0.15) is 30.6 Å². The molecule has 0 radical (unpaired) electrons. The summed E-state index contributed by atoms with van der Waals surface area (Å²) in [6, 6.07) is 2.14. The molecule has 5 nitrogen and oxygen atoms in total. The van der Waals surface area contributed by atoms with Gasteiger partial charge in [0.05, 0.1) is 13.2 Å². The first-order chi connectivity index (χ1) is 9.49. The van der Waals surface area contributed by atoms with Crippen LogP contribution in [0, 0.1) is 0 Å². The van der Waals surface area contributed by atoms with E-state index in [0.717, 1.165) is 6.42 Å². The van der Waals surface area contributed by atoms with Gasteiger partial charge in [-0.05, 0) is 36.6 Å². The van der Waals surface area contributed by atoms with Crippen LogP contribution in [0.5, 0.6) is 11.5 Å². The van der Waals surface area contributed by atoms with E-state index in [9.17, 15) is 9.18 Å². The molecule has 0 spiro atoms. The molecule has 110 valence electrons. The van der Waals surface area contributed by atoms with Gasteiger partial charge in [0.25, 0.3) is 0 Å². The Morgan fingerprint density at radius 1 is 1.40 bits per heavy atom. The van der Waals surface area contributed by atoms with Gasteiger partial charge >= 0.3 is 5.97 Å². The van der Waals surface area contributed by atoms with Crippen LogP contribution in [0.4, 0.5) is 4.39 Å². The Labute approximate surface area is 116 Å². The van der Waals surface area contributed by atoms with Crippen molar-refractivity contribution in [3.05, 3.63) is 23.3 Å². The number of fused-ring (bicyclic) bond motifs is 1. The van der Waals surface area contributed by atoms with Crippen molar-refractivity contribution in [3.63, 3.8) is 0 Å². The number of aliphatic carboxylic acids is 1. The molecule has 2 unspecified atom stereocenters. The van der Waals surface area contributed by atoms with Gasteiger partial charge in [-0.15, -0.1) is 0 Å². The van der Waals surface area contributed by atoms with Crippen LogP contribution >= 0.6 is 0 Å². The monoisotopic (exact) mass is 283 g/mol. The first-order valence-corrected chi connectivity index (χ1v) is 6.54. The Hall–Kier alpha value is -1.82. The number of ether oxygens (including phenoxy) is 2. The molecule has 1 aliphatic rings. The maximum atomic E-state index is 13.7. The number of benzene rings is 1. The zero-order valence-electron chi connectivity index (χ0n) is 11.3. The Morgan fingerprint density at radius 3 is 2.55 bits per heavy atom. The van der Waals surface area contributed by atoms with Crippen LogP contribution in [0.3, 0.4) is 0 Å². The van der Waals surface area contributed by atoms with Crippen LogP contribution in [0.2, 0.25) is 0 Å². The number of hydrogen-bond acceptors (Lipinski definition) is 4. The number of carboxylic acid groups (broad SMARTS) is 1. The highest BCUT2D eigenvalue weighted by molar-refractivity contribution is 5.73. The molecule has 0 amide bonds. The molecule has 0 saturated heterocycles. The molecule has 0 aromatic heterocycles. The van der Waals surface area contributed by atoms with Crippen molar-refractivity contribution < 1.29 is 23.8 Å². The zero-order valence-corrected chi connectivity index (χ0v) is 11.3. The van der Waals surface area contributed by atoms with E-state index in [4.69, 9.17) is 20.3 Å². The third-order valence-electron chi connectivity index (χ3n) is 3.19. The standard InChI is InChI=1S/C14H18FNO4/c1-8(15)10-7-13-12(19-3-2-4-20-13)6-9(10)5-11(16)14(17)18/h6-8,11H,2-5,16H2,1H3,(H,17,18). The highest BCUT2D eigenvalue weighted by Gasteiger charge is 2.21. The molecule has 6 heteroatoms. The average molecular weight is 283 g/mol. The van der Waals surface area contributed by atoms with Crippen molar-refractivity contribution in [1.29, 1.82) is 0 Å². The number of carbonyl (C=O) groups is 1. The van der Waals surface area contributed by atoms with Gasteiger partial charge in [-0.3, -0.25) is 4.79 Å². The molecular formula is C14H18FNO4. The molecule has 0 saturated carbocycles. The van der Waals surface area contributed by atoms with Crippen molar-refractivity contribution in [1.82, 2.24) is 0 Å². The van der Waals surface area contributed by atoms with Gasteiger partial charge in [-0.2, -0.15) is 0 Å². The summed E-state index contributed by atoms with van der Waals surface area (Å²) in [4.78, 5) is 10.9. The van der Waals surface area contributed by atoms with Gasteiger partial charge in [-0.1, -0.05) is 0 Å². The quantitative estimate of drug-likeness (QED) is 0.881. The highest BCUT2D eigenvalue weighted by Crippen LogP contribution is 2.36. The normalized spacial score (nSPS) is 17.1. The van der Waals surface area contributed by atoms with E-state index in [1.807, 2.05) is 0 Å². The minimum atomic E-state index is -1.23. The summed E-state index contributed by atoms with van der Waals surface area (Å²) in [5.41, 5.74) is 6.47. The smallest absolute Gasteiger partial charge is 0.320 e.